The summed E-state index contributed by atoms with van der Waals surface area (Å²) in [5.74, 6) is 3.11. The molecule has 3 aromatic heterocycles. The number of rotatable bonds is 23. The van der Waals surface area contributed by atoms with Crippen LogP contribution in [0.5, 0.6) is 17.6 Å². The highest BCUT2D eigenvalue weighted by atomic mass is 32.5. The van der Waals surface area contributed by atoms with Crippen molar-refractivity contribution in [1.29, 1.82) is 0 Å². The SMILES string of the molecule is CCOP(=S)(OCC)Oc1cc(C)nc(C(C)C)n1.CCOP(=S)(OCC)Oc1cc(C)nc(C(C)C)n1.CCOP(=S)(Oc1cc(C)nc(C(C)C)n1)OC(C)(CC)OC. The van der Waals surface area contributed by atoms with Crippen molar-refractivity contribution in [2.45, 2.75) is 141 Å². The Morgan fingerprint density at radius 1 is 0.492 bits per heavy atom. The van der Waals surface area contributed by atoms with E-state index in [9.17, 15) is 0 Å². The van der Waals surface area contributed by atoms with E-state index >= 15 is 0 Å². The summed E-state index contributed by atoms with van der Waals surface area (Å²) in [7, 11) is 1.57. The van der Waals surface area contributed by atoms with Crippen LogP contribution in [0.2, 0.25) is 0 Å². The van der Waals surface area contributed by atoms with Gasteiger partial charge in [0, 0.05) is 95.6 Å². The van der Waals surface area contributed by atoms with E-state index in [1.807, 2.05) is 104 Å². The summed E-state index contributed by atoms with van der Waals surface area (Å²) in [6.45, 7) is 24.4. The quantitative estimate of drug-likeness (QED) is 0.0649. The van der Waals surface area contributed by atoms with E-state index < -0.39 is 25.9 Å². The topological polar surface area (TPSA) is 170 Å². The van der Waals surface area contributed by atoms with Gasteiger partial charge in [-0.3, -0.25) is 27.1 Å². The van der Waals surface area contributed by atoms with Gasteiger partial charge in [0.25, 0.3) is 0 Å². The van der Waals surface area contributed by atoms with Gasteiger partial charge in [0.05, 0.1) is 33.0 Å². The second kappa shape index (κ2) is 27.6. The smallest absolute Gasteiger partial charge is 0.384 e. The van der Waals surface area contributed by atoms with Gasteiger partial charge in [0.15, 0.2) is 5.79 Å². The first-order valence-corrected chi connectivity index (χ1v) is 28.1. The fourth-order valence-corrected chi connectivity index (χ4v) is 10.9. The summed E-state index contributed by atoms with van der Waals surface area (Å²) in [5, 5.41) is 0. The second-order valence-corrected chi connectivity index (χ2v) is 22.8. The Labute approximate surface area is 380 Å². The third-order valence-corrected chi connectivity index (χ3v) is 14.7. The lowest BCUT2D eigenvalue weighted by Crippen LogP contribution is -2.30. The Balaban J connectivity index is 0.000000461. The molecule has 2 unspecified atom stereocenters. The summed E-state index contributed by atoms with van der Waals surface area (Å²) in [6.07, 6.45) is 0.609. The maximum atomic E-state index is 5.91. The molecule has 0 aliphatic rings. The van der Waals surface area contributed by atoms with E-state index in [4.69, 9.17) is 80.9 Å². The first kappa shape index (κ1) is 57.3. The number of aromatic nitrogens is 6. The lowest BCUT2D eigenvalue weighted by molar-refractivity contribution is -0.156. The van der Waals surface area contributed by atoms with Crippen molar-refractivity contribution in [2.24, 2.45) is 0 Å². The van der Waals surface area contributed by atoms with Gasteiger partial charge >= 0.3 is 20.2 Å². The largest absolute Gasteiger partial charge is 0.406 e. The number of nitrogens with zero attached hydrogens (tertiary/aromatic N) is 6. The minimum Gasteiger partial charge on any atom is -0.406 e. The molecular formula is C39H69N6O10P3S3. The third-order valence-electron chi connectivity index (χ3n) is 7.52. The van der Waals surface area contributed by atoms with E-state index in [-0.39, 0.29) is 17.8 Å². The van der Waals surface area contributed by atoms with Gasteiger partial charge < -0.3 is 18.3 Å². The second-order valence-electron chi connectivity index (χ2n) is 14.1. The molecule has 0 fully saturated rings. The number of hydrogen-bond donors (Lipinski definition) is 0. The van der Waals surface area contributed by atoms with Crippen molar-refractivity contribution in [3.05, 3.63) is 52.8 Å². The highest BCUT2D eigenvalue weighted by molar-refractivity contribution is 8.08. The van der Waals surface area contributed by atoms with Gasteiger partial charge in [0.1, 0.15) is 17.5 Å². The molecule has 0 aromatic carbocycles. The lowest BCUT2D eigenvalue weighted by atomic mass is 10.2. The fraction of sp³-hybridized carbons (Fsp3) is 0.692. The monoisotopic (exact) mass is 970 g/mol. The molecule has 0 radical (unpaired) electrons. The number of ether oxygens (including phenoxy) is 1. The average molecular weight is 971 g/mol. The van der Waals surface area contributed by atoms with Gasteiger partial charge in [-0.2, -0.15) is 15.0 Å². The van der Waals surface area contributed by atoms with Crippen molar-refractivity contribution < 1.29 is 45.5 Å². The molecule has 0 aliphatic heterocycles. The van der Waals surface area contributed by atoms with E-state index in [1.165, 1.54) is 0 Å². The molecule has 2 atom stereocenters. The molecule has 0 spiro atoms. The Bertz CT molecular complexity index is 1820. The van der Waals surface area contributed by atoms with Crippen molar-refractivity contribution in [1.82, 2.24) is 29.9 Å². The van der Waals surface area contributed by atoms with E-state index in [0.717, 1.165) is 28.7 Å². The molecule has 3 rings (SSSR count). The Morgan fingerprint density at radius 2 is 0.754 bits per heavy atom. The van der Waals surface area contributed by atoms with E-state index in [2.05, 4.69) is 29.9 Å². The highest BCUT2D eigenvalue weighted by Gasteiger charge is 2.35. The summed E-state index contributed by atoms with van der Waals surface area (Å²) >= 11 is 16.2. The number of methoxy groups -OCH3 is 1. The molecular weight excluding hydrogens is 902 g/mol. The zero-order chi connectivity index (χ0) is 46.6. The molecule has 16 nitrogen and oxygen atoms in total. The summed E-state index contributed by atoms with van der Waals surface area (Å²) in [5.41, 5.74) is 2.48. The predicted molar refractivity (Wildman–Crippen MR) is 252 cm³/mol. The molecule has 348 valence electrons. The molecule has 61 heavy (non-hydrogen) atoms. The minimum atomic E-state index is -3.05. The normalized spacial score (nSPS) is 13.8. The van der Waals surface area contributed by atoms with Crippen LogP contribution < -0.4 is 13.6 Å². The summed E-state index contributed by atoms with van der Waals surface area (Å²) in [4.78, 5) is 26.2. The molecule has 22 heteroatoms. The fourth-order valence-electron chi connectivity index (χ4n) is 4.47. The summed E-state index contributed by atoms with van der Waals surface area (Å²) < 4.78 is 55.9. The predicted octanol–water partition coefficient (Wildman–Crippen LogP) is 11.5. The van der Waals surface area contributed by atoms with Crippen molar-refractivity contribution >= 4 is 55.6 Å². The summed E-state index contributed by atoms with van der Waals surface area (Å²) in [6, 6.07) is 5.21. The van der Waals surface area contributed by atoms with Crippen LogP contribution in [0, 0.1) is 20.8 Å². The van der Waals surface area contributed by atoms with Gasteiger partial charge in [-0.1, -0.05) is 48.5 Å². The molecule has 0 aliphatic carbocycles. The van der Waals surface area contributed by atoms with Crippen LogP contribution in [-0.2, 0) is 67.3 Å². The zero-order valence-corrected chi connectivity index (χ0v) is 44.2. The minimum absolute atomic E-state index is 0.183. The van der Waals surface area contributed by atoms with Crippen LogP contribution in [0.1, 0.15) is 149 Å². The molecule has 0 bridgehead atoms. The lowest BCUT2D eigenvalue weighted by Gasteiger charge is -2.32. The van der Waals surface area contributed by atoms with Gasteiger partial charge in [-0.05, 0) is 68.7 Å². The number of aryl methyl sites for hydroxylation is 3. The molecule has 0 saturated carbocycles. The molecule has 3 aromatic rings. The van der Waals surface area contributed by atoms with E-state index in [0.29, 0.717) is 62.9 Å². The average Bonchev–Trinajstić information content (AvgIpc) is 3.14. The van der Waals surface area contributed by atoms with Crippen LogP contribution >= 0.6 is 20.2 Å². The highest BCUT2D eigenvalue weighted by Crippen LogP contribution is 2.54. The van der Waals surface area contributed by atoms with Crippen LogP contribution in [0.4, 0.5) is 0 Å². The van der Waals surface area contributed by atoms with Crippen molar-refractivity contribution in [3.63, 3.8) is 0 Å². The van der Waals surface area contributed by atoms with Gasteiger partial charge in [-0.15, -0.1) is 0 Å². The third kappa shape index (κ3) is 21.2. The molecule has 0 N–H and O–H groups in total. The van der Waals surface area contributed by atoms with Gasteiger partial charge in [0.2, 0.25) is 17.6 Å². The Morgan fingerprint density at radius 3 is 0.984 bits per heavy atom. The molecule has 3 heterocycles. The first-order chi connectivity index (χ1) is 28.5. The maximum absolute atomic E-state index is 5.91. The maximum Gasteiger partial charge on any atom is 0.384 e. The standard InChI is InChI=1S/C15H27N2O4PS.2C12H21N2O3PS/c1-8-15(6,18-7)21-22(23,19-9-2)20-13-10-12(5)16-14(17-13)11(3)4;2*1-6-15-18(19,16-7-2)17-11-8-10(5)13-12(14-11)9(3)4/h10-11H,8-9H2,1-7H3;2*8-9H,6-7H2,1-5H3. The van der Waals surface area contributed by atoms with Gasteiger partial charge in [-0.25, -0.2) is 15.0 Å². The van der Waals surface area contributed by atoms with Crippen molar-refractivity contribution in [3.8, 4) is 17.6 Å². The first-order valence-electron chi connectivity index (χ1n) is 20.4. The van der Waals surface area contributed by atoms with Crippen LogP contribution in [0.3, 0.4) is 0 Å². The van der Waals surface area contributed by atoms with Crippen molar-refractivity contribution in [2.75, 3.05) is 40.1 Å². The van der Waals surface area contributed by atoms with E-state index in [1.54, 1.807) is 32.2 Å². The molecule has 0 amide bonds. The Kier molecular flexibility index (Phi) is 25.9. The number of hydrogen-bond acceptors (Lipinski definition) is 19. The Hall–Kier alpha value is -1.69. The van der Waals surface area contributed by atoms with Crippen LogP contribution in [0.15, 0.2) is 18.2 Å². The van der Waals surface area contributed by atoms with Crippen LogP contribution in [-0.4, -0.2) is 75.8 Å². The molecule has 0 saturated heterocycles. The zero-order valence-electron chi connectivity index (χ0n) is 39.0. The van der Waals surface area contributed by atoms with Crippen LogP contribution in [0.25, 0.3) is 0 Å².